The number of rotatable bonds is 4. The Morgan fingerprint density at radius 1 is 1.31 bits per heavy atom. The van der Waals surface area contributed by atoms with Crippen LogP contribution in [0.4, 0.5) is 5.69 Å². The predicted octanol–water partition coefficient (Wildman–Crippen LogP) is 2.55. The summed E-state index contributed by atoms with van der Waals surface area (Å²) in [6, 6.07) is 1.70. The lowest BCUT2D eigenvalue weighted by Crippen LogP contribution is -2.50. The van der Waals surface area contributed by atoms with Crippen LogP contribution in [0.3, 0.4) is 0 Å². The van der Waals surface area contributed by atoms with Crippen molar-refractivity contribution in [2.75, 3.05) is 38.3 Å². The van der Waals surface area contributed by atoms with Crippen molar-refractivity contribution in [3.8, 4) is 11.5 Å². The molecule has 1 saturated heterocycles. The number of carbonyl (C=O) groups excluding carboxylic acids is 1. The third-order valence-corrected chi connectivity index (χ3v) is 6.88. The second-order valence-electron chi connectivity index (χ2n) is 9.74. The topological polar surface area (TPSA) is 103 Å². The third kappa shape index (κ3) is 3.80. The quantitative estimate of drug-likeness (QED) is 0.650. The smallest absolute Gasteiger partial charge is 0.243 e. The van der Waals surface area contributed by atoms with Gasteiger partial charge in [-0.25, -0.2) is 9.97 Å². The zero-order chi connectivity index (χ0) is 22.5. The second-order valence-corrected chi connectivity index (χ2v) is 9.74. The normalized spacial score (nSPS) is 19.6. The molecule has 0 unspecified atom stereocenters. The number of pyridine rings is 1. The van der Waals surface area contributed by atoms with E-state index in [2.05, 4.69) is 38.9 Å². The van der Waals surface area contributed by atoms with Gasteiger partial charge in [0.15, 0.2) is 11.5 Å². The first-order valence-electron chi connectivity index (χ1n) is 11.3. The summed E-state index contributed by atoms with van der Waals surface area (Å²) >= 11 is 0. The monoisotopic (exact) mass is 437 g/mol. The number of hydrogen-bond donors (Lipinski definition) is 2. The maximum Gasteiger partial charge on any atom is 0.243 e. The van der Waals surface area contributed by atoms with E-state index < -0.39 is 0 Å². The number of likely N-dealkylation sites (N-methyl/N-ethyl adjacent to an activating group) is 1. The summed E-state index contributed by atoms with van der Waals surface area (Å²) in [5.41, 5.74) is 5.76. The van der Waals surface area contributed by atoms with E-state index in [0.29, 0.717) is 18.9 Å². The van der Waals surface area contributed by atoms with Gasteiger partial charge >= 0.3 is 0 Å². The molecule has 1 aliphatic carbocycles. The zero-order valence-corrected chi connectivity index (χ0v) is 19.2. The second kappa shape index (κ2) is 7.97. The molecule has 0 saturated carbocycles. The van der Waals surface area contributed by atoms with Crippen molar-refractivity contribution in [1.29, 1.82) is 0 Å². The van der Waals surface area contributed by atoms with E-state index in [1.807, 2.05) is 13.0 Å². The maximum atomic E-state index is 13.1. The van der Waals surface area contributed by atoms with Gasteiger partial charge in [-0.1, -0.05) is 13.8 Å². The van der Waals surface area contributed by atoms with Gasteiger partial charge in [-0.05, 0) is 37.7 Å². The SMILES string of the molecule is C[C@@H](C(=O)N(C)c1cnc2[nH]c(-c3n[nH]c4c3CCC(C)(C)C4)nc2c1)N1CCOCC1. The van der Waals surface area contributed by atoms with E-state index in [1.165, 1.54) is 11.3 Å². The number of amides is 1. The molecule has 3 aromatic rings. The van der Waals surface area contributed by atoms with Gasteiger partial charge in [-0.15, -0.1) is 0 Å². The Morgan fingerprint density at radius 2 is 2.09 bits per heavy atom. The average molecular weight is 438 g/mol. The lowest BCUT2D eigenvalue weighted by molar-refractivity contribution is -0.124. The van der Waals surface area contributed by atoms with E-state index in [1.54, 1.807) is 18.1 Å². The van der Waals surface area contributed by atoms with Gasteiger partial charge in [-0.3, -0.25) is 14.8 Å². The number of nitrogens with one attached hydrogen (secondary N) is 2. The van der Waals surface area contributed by atoms with Crippen LogP contribution in [0.15, 0.2) is 12.3 Å². The van der Waals surface area contributed by atoms with E-state index >= 15 is 0 Å². The van der Waals surface area contributed by atoms with Crippen molar-refractivity contribution >= 4 is 22.8 Å². The minimum atomic E-state index is -0.214. The van der Waals surface area contributed by atoms with Crippen LogP contribution in [0, 0.1) is 5.41 Å². The summed E-state index contributed by atoms with van der Waals surface area (Å²) in [6.07, 6.45) is 4.83. The lowest BCUT2D eigenvalue weighted by Gasteiger charge is -2.33. The molecule has 170 valence electrons. The summed E-state index contributed by atoms with van der Waals surface area (Å²) in [6.45, 7) is 9.41. The van der Waals surface area contributed by atoms with Crippen LogP contribution in [0.5, 0.6) is 0 Å². The highest BCUT2D eigenvalue weighted by atomic mass is 16.5. The third-order valence-electron chi connectivity index (χ3n) is 6.88. The van der Waals surface area contributed by atoms with Crippen molar-refractivity contribution in [2.24, 2.45) is 5.41 Å². The van der Waals surface area contributed by atoms with Gasteiger partial charge in [0.1, 0.15) is 11.2 Å². The summed E-state index contributed by atoms with van der Waals surface area (Å²) in [4.78, 5) is 29.5. The first-order valence-corrected chi connectivity index (χ1v) is 11.3. The highest BCUT2D eigenvalue weighted by Gasteiger charge is 2.30. The van der Waals surface area contributed by atoms with Gasteiger partial charge < -0.3 is 14.6 Å². The zero-order valence-electron chi connectivity index (χ0n) is 19.2. The number of carbonyl (C=O) groups is 1. The van der Waals surface area contributed by atoms with Gasteiger partial charge in [0, 0.05) is 31.4 Å². The van der Waals surface area contributed by atoms with Crippen LogP contribution in [0.1, 0.15) is 38.4 Å². The van der Waals surface area contributed by atoms with E-state index in [-0.39, 0.29) is 17.4 Å². The van der Waals surface area contributed by atoms with Crippen molar-refractivity contribution in [1.82, 2.24) is 30.0 Å². The Morgan fingerprint density at radius 3 is 2.88 bits per heavy atom. The Kier molecular flexibility index (Phi) is 5.25. The highest BCUT2D eigenvalue weighted by molar-refractivity contribution is 5.97. The Balaban J connectivity index is 1.39. The van der Waals surface area contributed by atoms with Crippen LogP contribution in [0.2, 0.25) is 0 Å². The van der Waals surface area contributed by atoms with Crippen molar-refractivity contribution in [3.63, 3.8) is 0 Å². The number of ether oxygens (including phenoxy) is 1. The fourth-order valence-corrected chi connectivity index (χ4v) is 4.75. The van der Waals surface area contributed by atoms with Crippen molar-refractivity contribution < 1.29 is 9.53 Å². The van der Waals surface area contributed by atoms with E-state index in [0.717, 1.165) is 55.1 Å². The summed E-state index contributed by atoms with van der Waals surface area (Å²) in [7, 11) is 1.79. The van der Waals surface area contributed by atoms with Crippen LogP contribution >= 0.6 is 0 Å². The van der Waals surface area contributed by atoms with Crippen LogP contribution < -0.4 is 4.90 Å². The molecule has 5 rings (SSSR count). The number of anilines is 1. The van der Waals surface area contributed by atoms with Gasteiger partial charge in [0.25, 0.3) is 0 Å². The maximum absolute atomic E-state index is 13.1. The Bertz CT molecular complexity index is 1140. The predicted molar refractivity (Wildman–Crippen MR) is 123 cm³/mol. The molecule has 9 nitrogen and oxygen atoms in total. The summed E-state index contributed by atoms with van der Waals surface area (Å²) < 4.78 is 5.40. The highest BCUT2D eigenvalue weighted by Crippen LogP contribution is 2.37. The number of fused-ring (bicyclic) bond motifs is 2. The Hall–Kier alpha value is -2.78. The number of aromatic nitrogens is 5. The molecule has 0 aromatic carbocycles. The molecule has 0 radical (unpaired) electrons. The number of imidazole rings is 1. The molecule has 1 atom stereocenters. The number of aromatic amines is 2. The standard InChI is InChI=1S/C23H31N7O2/c1-14(30-7-9-32-10-8-30)22(31)29(4)15-11-17-20(24-13-15)26-21(25-17)19-16-5-6-23(2,3)12-18(16)27-28-19/h11,13-14H,5-10,12H2,1-4H3,(H,27,28)(H,24,25,26)/t14-/m0/s1. The number of H-pyrrole nitrogens is 2. The van der Waals surface area contributed by atoms with E-state index in [9.17, 15) is 4.79 Å². The summed E-state index contributed by atoms with van der Waals surface area (Å²) in [5.74, 6) is 0.755. The number of nitrogens with zero attached hydrogens (tertiary/aromatic N) is 5. The number of hydrogen-bond acceptors (Lipinski definition) is 6. The average Bonchev–Trinajstić information content (AvgIpc) is 3.40. The van der Waals surface area contributed by atoms with Crippen LogP contribution in [0.25, 0.3) is 22.7 Å². The molecule has 9 heteroatoms. The number of morpholine rings is 1. The molecule has 2 aliphatic rings. The largest absolute Gasteiger partial charge is 0.379 e. The molecule has 1 fully saturated rings. The fourth-order valence-electron chi connectivity index (χ4n) is 4.75. The molecule has 1 amide bonds. The molecular formula is C23H31N7O2. The lowest BCUT2D eigenvalue weighted by atomic mass is 9.76. The Labute approximate surface area is 187 Å². The molecular weight excluding hydrogens is 406 g/mol. The van der Waals surface area contributed by atoms with E-state index in [4.69, 9.17) is 9.72 Å². The van der Waals surface area contributed by atoms with Crippen LogP contribution in [-0.2, 0) is 22.4 Å². The van der Waals surface area contributed by atoms with Gasteiger partial charge in [-0.2, -0.15) is 5.10 Å². The van der Waals surface area contributed by atoms with Gasteiger partial charge in [0.05, 0.1) is 31.1 Å². The molecule has 2 N–H and O–H groups in total. The molecule has 0 spiro atoms. The van der Waals surface area contributed by atoms with Crippen LogP contribution in [-0.4, -0.2) is 75.3 Å². The van der Waals surface area contributed by atoms with Crippen molar-refractivity contribution in [2.45, 2.75) is 46.1 Å². The minimum Gasteiger partial charge on any atom is -0.379 e. The minimum absolute atomic E-state index is 0.0350. The molecule has 1 aliphatic heterocycles. The molecule has 0 bridgehead atoms. The summed E-state index contributed by atoms with van der Waals surface area (Å²) in [5, 5.41) is 7.78. The van der Waals surface area contributed by atoms with Crippen molar-refractivity contribution in [3.05, 3.63) is 23.5 Å². The molecule has 32 heavy (non-hydrogen) atoms. The molecule has 3 aromatic heterocycles. The first kappa shape index (κ1) is 21.1. The van der Waals surface area contributed by atoms with Gasteiger partial charge in [0.2, 0.25) is 5.91 Å². The fraction of sp³-hybridized carbons (Fsp3) is 0.565. The molecule has 4 heterocycles. The first-order chi connectivity index (χ1) is 15.3.